The van der Waals surface area contributed by atoms with Gasteiger partial charge >= 0.3 is 0 Å². The van der Waals surface area contributed by atoms with Crippen LogP contribution < -0.4 is 5.32 Å². The molecule has 2 amide bonds. The summed E-state index contributed by atoms with van der Waals surface area (Å²) in [6.07, 6.45) is 6.37. The smallest absolute Gasteiger partial charge is 0.243 e. The van der Waals surface area contributed by atoms with Crippen molar-refractivity contribution in [1.29, 1.82) is 0 Å². The number of halogens is 3. The van der Waals surface area contributed by atoms with E-state index in [2.05, 4.69) is 5.32 Å². The van der Waals surface area contributed by atoms with Gasteiger partial charge in [0, 0.05) is 46.1 Å². The van der Waals surface area contributed by atoms with Crippen LogP contribution in [-0.4, -0.2) is 28.8 Å². The normalized spacial score (nSPS) is 14.6. The molecule has 0 aliphatic heterocycles. The van der Waals surface area contributed by atoms with Crippen LogP contribution in [-0.2, 0) is 29.0 Å². The summed E-state index contributed by atoms with van der Waals surface area (Å²) in [6.45, 7) is 0.134. The quantitative estimate of drug-likeness (QED) is 0.271. The molecule has 1 fully saturated rings. The fraction of sp³-hybridized carbons (Fsp3) is 0.355. The highest BCUT2D eigenvalue weighted by molar-refractivity contribution is 6.36. The third-order valence-corrected chi connectivity index (χ3v) is 8.26. The van der Waals surface area contributed by atoms with Gasteiger partial charge in [0.25, 0.3) is 0 Å². The van der Waals surface area contributed by atoms with Crippen molar-refractivity contribution in [3.05, 3.63) is 105 Å². The first kappa shape index (κ1) is 28.5. The highest BCUT2D eigenvalue weighted by atomic mass is 35.5. The maximum atomic E-state index is 13.9. The van der Waals surface area contributed by atoms with E-state index in [0.29, 0.717) is 33.5 Å². The first-order valence-electron chi connectivity index (χ1n) is 13.2. The van der Waals surface area contributed by atoms with Gasteiger partial charge in [-0.15, -0.1) is 0 Å². The Morgan fingerprint density at radius 1 is 0.816 bits per heavy atom. The number of hydrogen-bond donors (Lipinski definition) is 1. The van der Waals surface area contributed by atoms with E-state index < -0.39 is 6.04 Å². The van der Waals surface area contributed by atoms with E-state index in [0.717, 1.165) is 36.8 Å². The first-order chi connectivity index (χ1) is 18.4. The summed E-state index contributed by atoms with van der Waals surface area (Å²) in [4.78, 5) is 29.4. The van der Waals surface area contributed by atoms with Crippen molar-refractivity contribution >= 4 is 46.6 Å². The maximum absolute atomic E-state index is 13.9. The van der Waals surface area contributed by atoms with Crippen LogP contribution in [0.1, 0.15) is 55.2 Å². The van der Waals surface area contributed by atoms with Crippen molar-refractivity contribution in [1.82, 2.24) is 10.2 Å². The Balaban J connectivity index is 1.65. The number of nitrogens with zero attached hydrogens (tertiary/aromatic N) is 1. The van der Waals surface area contributed by atoms with Gasteiger partial charge in [0.1, 0.15) is 6.04 Å². The minimum atomic E-state index is -0.717. The Labute approximate surface area is 240 Å². The van der Waals surface area contributed by atoms with E-state index in [1.807, 2.05) is 54.6 Å². The highest BCUT2D eigenvalue weighted by Gasteiger charge is 2.32. The summed E-state index contributed by atoms with van der Waals surface area (Å²) < 4.78 is 0. The molecule has 0 bridgehead atoms. The summed E-state index contributed by atoms with van der Waals surface area (Å²) in [5.74, 6) is -0.296. The van der Waals surface area contributed by atoms with Crippen molar-refractivity contribution in [3.8, 4) is 0 Å². The van der Waals surface area contributed by atoms with E-state index in [4.69, 9.17) is 34.8 Å². The average Bonchev–Trinajstić information content (AvgIpc) is 2.92. The maximum Gasteiger partial charge on any atom is 0.243 e. The largest absolute Gasteiger partial charge is 0.352 e. The summed E-state index contributed by atoms with van der Waals surface area (Å²) >= 11 is 19.4. The molecule has 1 aliphatic rings. The van der Waals surface area contributed by atoms with Gasteiger partial charge in [-0.2, -0.15) is 0 Å². The van der Waals surface area contributed by atoms with Crippen LogP contribution in [0.5, 0.6) is 0 Å². The lowest BCUT2D eigenvalue weighted by atomic mass is 9.94. The van der Waals surface area contributed by atoms with E-state index in [-0.39, 0.29) is 30.8 Å². The second-order valence-electron chi connectivity index (χ2n) is 9.86. The molecule has 1 saturated carbocycles. The molecule has 3 aromatic carbocycles. The van der Waals surface area contributed by atoms with Crippen LogP contribution in [0.4, 0.5) is 0 Å². The number of amides is 2. The van der Waals surface area contributed by atoms with E-state index >= 15 is 0 Å². The Kier molecular flexibility index (Phi) is 10.5. The lowest BCUT2D eigenvalue weighted by Gasteiger charge is -2.34. The molecule has 0 heterocycles. The summed E-state index contributed by atoms with van der Waals surface area (Å²) in [7, 11) is 0. The molecular formula is C31H33Cl3N2O2. The summed E-state index contributed by atoms with van der Waals surface area (Å²) in [5, 5.41) is 4.81. The summed E-state index contributed by atoms with van der Waals surface area (Å²) in [6, 6.07) is 22.0. The van der Waals surface area contributed by atoms with Gasteiger partial charge in [0.2, 0.25) is 11.8 Å². The predicted molar refractivity (Wildman–Crippen MR) is 156 cm³/mol. The number of benzene rings is 3. The second kappa shape index (κ2) is 14.0. The van der Waals surface area contributed by atoms with Gasteiger partial charge in [0.15, 0.2) is 0 Å². The zero-order valence-corrected chi connectivity index (χ0v) is 23.6. The van der Waals surface area contributed by atoms with Gasteiger partial charge in [-0.25, -0.2) is 0 Å². The van der Waals surface area contributed by atoms with E-state index in [9.17, 15) is 9.59 Å². The molecule has 4 nitrogen and oxygen atoms in total. The number of rotatable bonds is 10. The van der Waals surface area contributed by atoms with Crippen LogP contribution in [0, 0.1) is 0 Å². The zero-order valence-electron chi connectivity index (χ0n) is 21.3. The van der Waals surface area contributed by atoms with Gasteiger partial charge in [-0.05, 0) is 48.6 Å². The minimum absolute atomic E-state index is 0.124. The fourth-order valence-corrected chi connectivity index (χ4v) is 5.79. The Bertz CT molecular complexity index is 1210. The molecule has 3 aromatic rings. The number of aryl methyl sites for hydroxylation is 1. The number of carbonyl (C=O) groups excluding carboxylic acids is 2. The van der Waals surface area contributed by atoms with Crippen molar-refractivity contribution in [3.63, 3.8) is 0 Å². The summed E-state index contributed by atoms with van der Waals surface area (Å²) in [5.41, 5.74) is 2.50. The van der Waals surface area contributed by atoms with E-state index in [1.54, 1.807) is 23.1 Å². The monoisotopic (exact) mass is 570 g/mol. The van der Waals surface area contributed by atoms with Gasteiger partial charge in [0.05, 0.1) is 0 Å². The molecule has 0 saturated heterocycles. The van der Waals surface area contributed by atoms with Crippen LogP contribution in [0.3, 0.4) is 0 Å². The second-order valence-corrected chi connectivity index (χ2v) is 11.1. The molecule has 1 unspecified atom stereocenters. The van der Waals surface area contributed by atoms with Crippen molar-refractivity contribution in [2.45, 2.75) is 70.0 Å². The standard InChI is InChI=1S/C31H33Cl3N2O2/c32-26-15-8-7-12-23(26)18-19-30(37)36(21-25-27(33)16-9-17-28(25)34)29(20-22-10-3-1-4-11-22)31(38)35-24-13-5-2-6-14-24/h1,3-4,7-12,15-17,24,29H,2,5-6,13-14,18-21H2,(H,35,38). The lowest BCUT2D eigenvalue weighted by Crippen LogP contribution is -2.53. The van der Waals surface area contributed by atoms with Crippen LogP contribution in [0.15, 0.2) is 72.8 Å². The molecular weight excluding hydrogens is 539 g/mol. The molecule has 1 N–H and O–H groups in total. The zero-order chi connectivity index (χ0) is 26.9. The molecule has 0 aromatic heterocycles. The van der Waals surface area contributed by atoms with Crippen LogP contribution >= 0.6 is 34.8 Å². The van der Waals surface area contributed by atoms with Crippen molar-refractivity contribution in [2.75, 3.05) is 0 Å². The molecule has 1 aliphatic carbocycles. The molecule has 38 heavy (non-hydrogen) atoms. The van der Waals surface area contributed by atoms with Gasteiger partial charge < -0.3 is 10.2 Å². The minimum Gasteiger partial charge on any atom is -0.352 e. The Morgan fingerprint density at radius 2 is 1.45 bits per heavy atom. The average molecular weight is 572 g/mol. The SMILES string of the molecule is O=C(NC1CCCCC1)C(Cc1ccccc1)N(Cc1c(Cl)cccc1Cl)C(=O)CCc1ccccc1Cl. The van der Waals surface area contributed by atoms with Crippen LogP contribution in [0.25, 0.3) is 0 Å². The molecule has 7 heteroatoms. The highest BCUT2D eigenvalue weighted by Crippen LogP contribution is 2.28. The number of nitrogens with one attached hydrogen (secondary N) is 1. The molecule has 0 radical (unpaired) electrons. The lowest BCUT2D eigenvalue weighted by molar-refractivity contribution is -0.141. The van der Waals surface area contributed by atoms with Crippen molar-refractivity contribution < 1.29 is 9.59 Å². The Morgan fingerprint density at radius 3 is 2.13 bits per heavy atom. The number of hydrogen-bond acceptors (Lipinski definition) is 2. The molecule has 4 rings (SSSR count). The van der Waals surface area contributed by atoms with Gasteiger partial charge in [-0.1, -0.05) is 109 Å². The third-order valence-electron chi connectivity index (χ3n) is 7.18. The molecule has 1 atom stereocenters. The topological polar surface area (TPSA) is 49.4 Å². The molecule has 200 valence electrons. The first-order valence-corrected chi connectivity index (χ1v) is 14.4. The van der Waals surface area contributed by atoms with Gasteiger partial charge in [-0.3, -0.25) is 9.59 Å². The Hall–Kier alpha value is -2.53. The third kappa shape index (κ3) is 7.75. The fourth-order valence-electron chi connectivity index (χ4n) is 5.04. The van der Waals surface area contributed by atoms with Crippen molar-refractivity contribution in [2.24, 2.45) is 0 Å². The predicted octanol–water partition coefficient (Wildman–Crippen LogP) is 7.67. The van der Waals surface area contributed by atoms with Crippen LogP contribution in [0.2, 0.25) is 15.1 Å². The number of carbonyl (C=O) groups is 2. The molecule has 0 spiro atoms. The van der Waals surface area contributed by atoms with E-state index in [1.165, 1.54) is 6.42 Å².